The van der Waals surface area contributed by atoms with Gasteiger partial charge in [0.2, 0.25) is 0 Å². The molecular formula is C14H20O. The van der Waals surface area contributed by atoms with Gasteiger partial charge in [-0.1, -0.05) is 37.5 Å². The first-order valence-electron chi connectivity index (χ1n) is 5.64. The monoisotopic (exact) mass is 204 g/mol. The Bertz CT molecular complexity index is 332. The Morgan fingerprint density at radius 2 is 1.73 bits per heavy atom. The van der Waals surface area contributed by atoms with Crippen LogP contribution < -0.4 is 0 Å². The van der Waals surface area contributed by atoms with E-state index >= 15 is 0 Å². The third kappa shape index (κ3) is 3.50. The van der Waals surface area contributed by atoms with Crippen LogP contribution in [0.2, 0.25) is 0 Å². The van der Waals surface area contributed by atoms with Crippen LogP contribution in [-0.2, 0) is 0 Å². The summed E-state index contributed by atoms with van der Waals surface area (Å²) < 4.78 is 0. The van der Waals surface area contributed by atoms with Gasteiger partial charge in [0.15, 0.2) is 5.78 Å². The number of aryl methyl sites for hydroxylation is 2. The molecule has 0 radical (unpaired) electrons. The van der Waals surface area contributed by atoms with Gasteiger partial charge in [0.1, 0.15) is 0 Å². The molecule has 15 heavy (non-hydrogen) atoms. The van der Waals surface area contributed by atoms with E-state index in [0.717, 1.165) is 12.0 Å². The Hall–Kier alpha value is -1.11. The summed E-state index contributed by atoms with van der Waals surface area (Å²) in [6, 6.07) is 6.06. The third-order valence-electron chi connectivity index (χ3n) is 2.77. The van der Waals surface area contributed by atoms with Crippen molar-refractivity contribution in [2.75, 3.05) is 0 Å². The molecule has 0 aromatic heterocycles. The zero-order chi connectivity index (χ0) is 11.4. The second-order valence-corrected chi connectivity index (χ2v) is 4.52. The zero-order valence-electron chi connectivity index (χ0n) is 10.1. The maximum atomic E-state index is 11.9. The van der Waals surface area contributed by atoms with Crippen molar-refractivity contribution in [2.45, 2.75) is 40.5 Å². The molecule has 0 fully saturated rings. The van der Waals surface area contributed by atoms with Gasteiger partial charge in [-0.25, -0.2) is 0 Å². The van der Waals surface area contributed by atoms with E-state index in [1.165, 1.54) is 11.1 Å². The molecule has 1 atom stereocenters. The molecule has 0 amide bonds. The molecule has 0 spiro atoms. The lowest BCUT2D eigenvalue weighted by Gasteiger charge is -2.08. The minimum Gasteiger partial charge on any atom is -0.294 e. The smallest absolute Gasteiger partial charge is 0.163 e. The summed E-state index contributed by atoms with van der Waals surface area (Å²) in [6.45, 7) is 8.32. The molecule has 1 heteroatoms. The van der Waals surface area contributed by atoms with E-state index in [0.29, 0.717) is 12.3 Å². The largest absolute Gasteiger partial charge is 0.294 e. The quantitative estimate of drug-likeness (QED) is 0.679. The number of hydrogen-bond acceptors (Lipinski definition) is 1. The minimum absolute atomic E-state index is 0.274. The van der Waals surface area contributed by atoms with E-state index in [1.807, 2.05) is 26.0 Å². The summed E-state index contributed by atoms with van der Waals surface area (Å²) in [5.74, 6) is 0.759. The first-order chi connectivity index (χ1) is 7.02. The van der Waals surface area contributed by atoms with Gasteiger partial charge in [-0.05, 0) is 31.9 Å². The van der Waals surface area contributed by atoms with Crippen molar-refractivity contribution < 1.29 is 4.79 Å². The van der Waals surface area contributed by atoms with Gasteiger partial charge >= 0.3 is 0 Å². The molecule has 0 N–H and O–H groups in total. The Balaban J connectivity index is 2.82. The first-order valence-corrected chi connectivity index (χ1v) is 5.64. The molecule has 0 saturated carbocycles. The average molecular weight is 204 g/mol. The Morgan fingerprint density at radius 1 is 1.20 bits per heavy atom. The third-order valence-corrected chi connectivity index (χ3v) is 2.77. The number of carbonyl (C=O) groups excluding carboxylic acids is 1. The highest BCUT2D eigenvalue weighted by Crippen LogP contribution is 2.15. The van der Waals surface area contributed by atoms with Gasteiger partial charge in [-0.2, -0.15) is 0 Å². The van der Waals surface area contributed by atoms with Crippen LogP contribution in [-0.4, -0.2) is 5.78 Å². The van der Waals surface area contributed by atoms with E-state index in [2.05, 4.69) is 19.9 Å². The fourth-order valence-electron chi connectivity index (χ4n) is 1.71. The van der Waals surface area contributed by atoms with Gasteiger partial charge in [0.25, 0.3) is 0 Å². The molecule has 1 aromatic rings. The van der Waals surface area contributed by atoms with Gasteiger partial charge in [0, 0.05) is 12.0 Å². The SMILES string of the molecule is CCC(C)CC(=O)c1cc(C)cc(C)c1. The summed E-state index contributed by atoms with van der Waals surface area (Å²) in [4.78, 5) is 11.9. The van der Waals surface area contributed by atoms with Crippen LogP contribution in [0.4, 0.5) is 0 Å². The standard InChI is InChI=1S/C14H20O/c1-5-10(2)9-14(15)13-7-11(3)6-12(4)8-13/h6-8,10H,5,9H2,1-4H3. The summed E-state index contributed by atoms with van der Waals surface area (Å²) in [6.07, 6.45) is 1.73. The molecule has 0 saturated heterocycles. The molecule has 82 valence electrons. The van der Waals surface area contributed by atoms with Gasteiger partial charge < -0.3 is 0 Å². The molecule has 0 heterocycles. The fourth-order valence-corrected chi connectivity index (χ4v) is 1.71. The van der Waals surface area contributed by atoms with Crippen molar-refractivity contribution >= 4 is 5.78 Å². The molecule has 0 aliphatic heterocycles. The number of carbonyl (C=O) groups is 1. The second kappa shape index (κ2) is 5.11. The maximum absolute atomic E-state index is 11.9. The maximum Gasteiger partial charge on any atom is 0.163 e. The van der Waals surface area contributed by atoms with Crippen LogP contribution in [0, 0.1) is 19.8 Å². The number of ketones is 1. The summed E-state index contributed by atoms with van der Waals surface area (Å²) in [7, 11) is 0. The van der Waals surface area contributed by atoms with Crippen molar-refractivity contribution in [1.29, 1.82) is 0 Å². The minimum atomic E-state index is 0.274. The summed E-state index contributed by atoms with van der Waals surface area (Å²) in [5, 5.41) is 0. The van der Waals surface area contributed by atoms with Crippen LogP contribution in [0.25, 0.3) is 0 Å². The lowest BCUT2D eigenvalue weighted by atomic mass is 9.96. The van der Waals surface area contributed by atoms with Crippen LogP contribution in [0.1, 0.15) is 48.2 Å². The Labute approximate surface area is 92.5 Å². The van der Waals surface area contributed by atoms with Crippen LogP contribution in [0.5, 0.6) is 0 Å². The Kier molecular flexibility index (Phi) is 4.07. The van der Waals surface area contributed by atoms with Gasteiger partial charge in [-0.15, -0.1) is 0 Å². The van der Waals surface area contributed by atoms with Crippen LogP contribution >= 0.6 is 0 Å². The Morgan fingerprint density at radius 3 is 2.20 bits per heavy atom. The average Bonchev–Trinajstić information content (AvgIpc) is 2.16. The van der Waals surface area contributed by atoms with Crippen molar-refractivity contribution in [2.24, 2.45) is 5.92 Å². The van der Waals surface area contributed by atoms with Crippen molar-refractivity contribution in [3.63, 3.8) is 0 Å². The number of hydrogen-bond donors (Lipinski definition) is 0. The highest BCUT2D eigenvalue weighted by Gasteiger charge is 2.10. The van der Waals surface area contributed by atoms with Crippen LogP contribution in [0.15, 0.2) is 18.2 Å². The fraction of sp³-hybridized carbons (Fsp3) is 0.500. The van der Waals surface area contributed by atoms with E-state index < -0.39 is 0 Å². The summed E-state index contributed by atoms with van der Waals surface area (Å²) >= 11 is 0. The van der Waals surface area contributed by atoms with E-state index in [1.54, 1.807) is 0 Å². The highest BCUT2D eigenvalue weighted by atomic mass is 16.1. The summed E-state index contributed by atoms with van der Waals surface area (Å²) in [5.41, 5.74) is 3.21. The van der Waals surface area contributed by atoms with Gasteiger partial charge in [0.05, 0.1) is 0 Å². The zero-order valence-corrected chi connectivity index (χ0v) is 10.1. The molecule has 1 aromatic carbocycles. The highest BCUT2D eigenvalue weighted by molar-refractivity contribution is 5.96. The topological polar surface area (TPSA) is 17.1 Å². The molecule has 1 nitrogen and oxygen atoms in total. The van der Waals surface area contributed by atoms with E-state index in [4.69, 9.17) is 0 Å². The molecule has 1 rings (SSSR count). The number of benzene rings is 1. The molecule has 0 bridgehead atoms. The van der Waals surface area contributed by atoms with Crippen molar-refractivity contribution in [3.05, 3.63) is 34.9 Å². The van der Waals surface area contributed by atoms with Crippen LogP contribution in [0.3, 0.4) is 0 Å². The van der Waals surface area contributed by atoms with Gasteiger partial charge in [-0.3, -0.25) is 4.79 Å². The normalized spacial score (nSPS) is 12.5. The molecule has 0 aliphatic carbocycles. The second-order valence-electron chi connectivity index (χ2n) is 4.52. The van der Waals surface area contributed by atoms with E-state index in [-0.39, 0.29) is 5.78 Å². The lowest BCUT2D eigenvalue weighted by molar-refractivity contribution is 0.0963. The first kappa shape index (κ1) is 12.0. The molecule has 0 aliphatic rings. The molecule has 1 unspecified atom stereocenters. The number of Topliss-reactive ketones (excluding diaryl/α,β-unsaturated/α-hetero) is 1. The predicted octanol–water partition coefficient (Wildman–Crippen LogP) is 3.92. The van der Waals surface area contributed by atoms with Crippen molar-refractivity contribution in [3.8, 4) is 0 Å². The predicted molar refractivity (Wildman–Crippen MR) is 64.3 cm³/mol. The lowest BCUT2D eigenvalue weighted by Crippen LogP contribution is -2.05. The van der Waals surface area contributed by atoms with E-state index in [9.17, 15) is 4.79 Å². The number of rotatable bonds is 4. The van der Waals surface area contributed by atoms with Crippen molar-refractivity contribution in [1.82, 2.24) is 0 Å². The molecular weight excluding hydrogens is 184 g/mol.